The highest BCUT2D eigenvalue weighted by molar-refractivity contribution is 5.93. The molecule has 0 aliphatic rings. The number of carbonyl (C=O) groups excluding carboxylic acids is 1. The van der Waals surface area contributed by atoms with Crippen LogP contribution >= 0.6 is 0 Å². The largest absolute Gasteiger partial charge is 0.507 e. The van der Waals surface area contributed by atoms with Gasteiger partial charge in [0.25, 0.3) is 0 Å². The van der Waals surface area contributed by atoms with Crippen LogP contribution in [0.4, 0.5) is 0 Å². The molecule has 0 unspecified atom stereocenters. The minimum Gasteiger partial charge on any atom is -0.507 e. The molecule has 0 fully saturated rings. The van der Waals surface area contributed by atoms with E-state index in [4.69, 9.17) is 0 Å². The Morgan fingerprint density at radius 2 is 2.12 bits per heavy atom. The summed E-state index contributed by atoms with van der Waals surface area (Å²) in [6.45, 7) is 0. The fourth-order valence-electron chi connectivity index (χ4n) is 1.53. The summed E-state index contributed by atoms with van der Waals surface area (Å²) in [7, 11) is 1.27. The van der Waals surface area contributed by atoms with Gasteiger partial charge in [-0.25, -0.2) is 4.79 Å². The molecule has 17 heavy (non-hydrogen) atoms. The molecule has 0 aliphatic heterocycles. The first-order valence-corrected chi connectivity index (χ1v) is 5.04. The summed E-state index contributed by atoms with van der Waals surface area (Å²) in [6.07, 6.45) is 3.36. The van der Waals surface area contributed by atoms with Gasteiger partial charge >= 0.3 is 5.97 Å². The summed E-state index contributed by atoms with van der Waals surface area (Å²) >= 11 is 0. The van der Waals surface area contributed by atoms with E-state index in [0.717, 1.165) is 11.1 Å². The first-order chi connectivity index (χ1) is 8.22. The molecule has 0 aliphatic carbocycles. The van der Waals surface area contributed by atoms with Crippen LogP contribution in [0.15, 0.2) is 42.7 Å². The Balaban J connectivity index is 2.41. The van der Waals surface area contributed by atoms with Crippen LogP contribution in [0.1, 0.15) is 10.4 Å². The predicted octanol–water partition coefficient (Wildman–Crippen LogP) is 2.24. The number of aromatic hydroxyl groups is 1. The van der Waals surface area contributed by atoms with Gasteiger partial charge < -0.3 is 9.84 Å². The monoisotopic (exact) mass is 229 g/mol. The van der Waals surface area contributed by atoms with Crippen LogP contribution in [-0.2, 0) is 4.74 Å². The number of phenols is 1. The van der Waals surface area contributed by atoms with Gasteiger partial charge in [-0.3, -0.25) is 4.98 Å². The molecular weight excluding hydrogens is 218 g/mol. The third kappa shape index (κ3) is 2.25. The van der Waals surface area contributed by atoms with Gasteiger partial charge in [0.2, 0.25) is 0 Å². The van der Waals surface area contributed by atoms with Gasteiger partial charge in [-0.15, -0.1) is 0 Å². The first-order valence-electron chi connectivity index (χ1n) is 5.04. The highest BCUT2D eigenvalue weighted by Crippen LogP contribution is 2.26. The van der Waals surface area contributed by atoms with Crippen LogP contribution in [0.5, 0.6) is 5.75 Å². The van der Waals surface area contributed by atoms with E-state index in [-0.39, 0.29) is 11.3 Å². The molecule has 0 spiro atoms. The van der Waals surface area contributed by atoms with Crippen LogP contribution in [0, 0.1) is 0 Å². The smallest absolute Gasteiger partial charge is 0.341 e. The lowest BCUT2D eigenvalue weighted by Crippen LogP contribution is -2.01. The summed E-state index contributed by atoms with van der Waals surface area (Å²) in [5, 5.41) is 9.73. The SMILES string of the molecule is COC(=O)c1ccc(-c2cccnc2)cc1O. The van der Waals surface area contributed by atoms with E-state index in [2.05, 4.69) is 9.72 Å². The number of esters is 1. The third-order valence-corrected chi connectivity index (χ3v) is 2.40. The maximum absolute atomic E-state index is 11.3. The van der Waals surface area contributed by atoms with E-state index in [1.807, 2.05) is 6.07 Å². The zero-order valence-electron chi connectivity index (χ0n) is 9.25. The molecule has 0 radical (unpaired) electrons. The second-order valence-electron chi connectivity index (χ2n) is 3.47. The summed E-state index contributed by atoms with van der Waals surface area (Å²) < 4.78 is 4.55. The Morgan fingerprint density at radius 1 is 1.29 bits per heavy atom. The molecule has 2 rings (SSSR count). The number of nitrogens with zero attached hydrogens (tertiary/aromatic N) is 1. The molecule has 0 amide bonds. The summed E-state index contributed by atoms with van der Waals surface area (Å²) in [6, 6.07) is 8.47. The second-order valence-corrected chi connectivity index (χ2v) is 3.47. The number of hydrogen-bond donors (Lipinski definition) is 1. The summed E-state index contributed by atoms with van der Waals surface area (Å²) in [4.78, 5) is 15.3. The average molecular weight is 229 g/mol. The number of pyridine rings is 1. The van der Waals surface area contributed by atoms with Crippen LogP contribution < -0.4 is 0 Å². The Bertz CT molecular complexity index is 538. The van der Waals surface area contributed by atoms with Crippen molar-refractivity contribution in [2.75, 3.05) is 7.11 Å². The van der Waals surface area contributed by atoms with Crippen molar-refractivity contribution in [3.8, 4) is 16.9 Å². The van der Waals surface area contributed by atoms with Crippen LogP contribution in [-0.4, -0.2) is 23.2 Å². The van der Waals surface area contributed by atoms with Gasteiger partial charge in [0.15, 0.2) is 0 Å². The number of benzene rings is 1. The van der Waals surface area contributed by atoms with Crippen molar-refractivity contribution >= 4 is 5.97 Å². The highest BCUT2D eigenvalue weighted by Gasteiger charge is 2.11. The molecular formula is C13H11NO3. The summed E-state index contributed by atoms with van der Waals surface area (Å²) in [5.74, 6) is -0.654. The normalized spacial score (nSPS) is 9.94. The third-order valence-electron chi connectivity index (χ3n) is 2.40. The van der Waals surface area contributed by atoms with Gasteiger partial charge in [0.05, 0.1) is 7.11 Å². The zero-order valence-corrected chi connectivity index (χ0v) is 9.25. The van der Waals surface area contributed by atoms with E-state index in [1.54, 1.807) is 24.5 Å². The molecule has 1 aromatic heterocycles. The molecule has 1 N–H and O–H groups in total. The number of rotatable bonds is 2. The Morgan fingerprint density at radius 3 is 2.71 bits per heavy atom. The average Bonchev–Trinajstić information content (AvgIpc) is 2.39. The van der Waals surface area contributed by atoms with Crippen LogP contribution in [0.3, 0.4) is 0 Å². The minimum atomic E-state index is -0.555. The van der Waals surface area contributed by atoms with Crippen molar-refractivity contribution in [2.24, 2.45) is 0 Å². The van der Waals surface area contributed by atoms with E-state index in [9.17, 15) is 9.90 Å². The number of ether oxygens (including phenoxy) is 1. The maximum Gasteiger partial charge on any atom is 0.341 e. The van der Waals surface area contributed by atoms with Gasteiger partial charge in [-0.1, -0.05) is 12.1 Å². The lowest BCUT2D eigenvalue weighted by molar-refractivity contribution is 0.0597. The van der Waals surface area contributed by atoms with Crippen molar-refractivity contribution in [3.05, 3.63) is 48.3 Å². The van der Waals surface area contributed by atoms with Gasteiger partial charge in [-0.05, 0) is 23.8 Å². The van der Waals surface area contributed by atoms with Crippen molar-refractivity contribution in [1.29, 1.82) is 0 Å². The van der Waals surface area contributed by atoms with E-state index < -0.39 is 5.97 Å². The molecule has 1 heterocycles. The number of aromatic nitrogens is 1. The number of carbonyl (C=O) groups is 1. The molecule has 0 saturated heterocycles. The topological polar surface area (TPSA) is 59.4 Å². The van der Waals surface area contributed by atoms with Crippen molar-refractivity contribution in [3.63, 3.8) is 0 Å². The van der Waals surface area contributed by atoms with Crippen molar-refractivity contribution < 1.29 is 14.6 Å². The first kappa shape index (κ1) is 11.1. The number of phenolic OH excluding ortho intramolecular Hbond substituents is 1. The number of methoxy groups -OCH3 is 1. The zero-order chi connectivity index (χ0) is 12.3. The van der Waals surface area contributed by atoms with Crippen LogP contribution in [0.2, 0.25) is 0 Å². The van der Waals surface area contributed by atoms with Gasteiger partial charge in [-0.2, -0.15) is 0 Å². The Labute approximate surface area is 98.5 Å². The fraction of sp³-hybridized carbons (Fsp3) is 0.0769. The van der Waals surface area contributed by atoms with Gasteiger partial charge in [0, 0.05) is 18.0 Å². The molecule has 2 aromatic rings. The van der Waals surface area contributed by atoms with E-state index >= 15 is 0 Å². The molecule has 4 heteroatoms. The van der Waals surface area contributed by atoms with E-state index in [0.29, 0.717) is 0 Å². The lowest BCUT2D eigenvalue weighted by Gasteiger charge is -2.05. The van der Waals surface area contributed by atoms with Gasteiger partial charge in [0.1, 0.15) is 11.3 Å². The molecule has 4 nitrogen and oxygen atoms in total. The Kier molecular flexibility index (Phi) is 3.05. The lowest BCUT2D eigenvalue weighted by atomic mass is 10.0. The number of hydrogen-bond acceptors (Lipinski definition) is 4. The molecule has 86 valence electrons. The fourth-order valence-corrected chi connectivity index (χ4v) is 1.53. The summed E-state index contributed by atoms with van der Waals surface area (Å²) in [5.41, 5.74) is 1.82. The molecule has 0 bridgehead atoms. The van der Waals surface area contributed by atoms with Crippen LogP contribution in [0.25, 0.3) is 11.1 Å². The van der Waals surface area contributed by atoms with Crippen molar-refractivity contribution in [2.45, 2.75) is 0 Å². The molecule has 1 aromatic carbocycles. The second kappa shape index (κ2) is 4.65. The molecule has 0 atom stereocenters. The standard InChI is InChI=1S/C13H11NO3/c1-17-13(16)11-5-4-9(7-12(11)15)10-3-2-6-14-8-10/h2-8,15H,1H3. The van der Waals surface area contributed by atoms with E-state index in [1.165, 1.54) is 19.2 Å². The molecule has 0 saturated carbocycles. The predicted molar refractivity (Wildman–Crippen MR) is 62.7 cm³/mol. The van der Waals surface area contributed by atoms with Crippen molar-refractivity contribution in [1.82, 2.24) is 4.98 Å². The maximum atomic E-state index is 11.3. The quantitative estimate of drug-likeness (QED) is 0.802. The highest BCUT2D eigenvalue weighted by atomic mass is 16.5. The Hall–Kier alpha value is -2.36. The minimum absolute atomic E-state index is 0.0989.